The van der Waals surface area contributed by atoms with Gasteiger partial charge in [-0.3, -0.25) is 0 Å². The summed E-state index contributed by atoms with van der Waals surface area (Å²) in [5, 5.41) is 21.9. The Morgan fingerprint density at radius 3 is 2.62 bits per heavy atom. The molecule has 0 unspecified atom stereocenters. The molecule has 0 aliphatic rings. The van der Waals surface area contributed by atoms with E-state index in [9.17, 15) is 18.9 Å². The molecule has 3 aromatic rings. The Balaban J connectivity index is 1.71. The zero-order chi connectivity index (χ0) is 17.1. The molecule has 124 valence electrons. The van der Waals surface area contributed by atoms with E-state index in [4.69, 9.17) is 4.42 Å². The number of rotatable bonds is 6. The van der Waals surface area contributed by atoms with E-state index < -0.39 is 11.5 Å². The van der Waals surface area contributed by atoms with Crippen LogP contribution < -0.4 is 4.74 Å². The molecule has 0 saturated heterocycles. The number of benzene rings is 1. The molecule has 0 atom stereocenters. The van der Waals surface area contributed by atoms with E-state index in [0.717, 1.165) is 0 Å². The Labute approximate surface area is 132 Å². The molecule has 0 spiro atoms. The highest BCUT2D eigenvalue weighted by atomic mass is 19.3. The highest BCUT2D eigenvalue weighted by molar-refractivity contribution is 5.53. The summed E-state index contributed by atoms with van der Waals surface area (Å²) in [6, 6.07) is 6.94. The van der Waals surface area contributed by atoms with Gasteiger partial charge in [0.15, 0.2) is 0 Å². The van der Waals surface area contributed by atoms with Gasteiger partial charge in [-0.15, -0.1) is 10.2 Å². The van der Waals surface area contributed by atoms with Gasteiger partial charge in [0, 0.05) is 5.56 Å². The predicted molar refractivity (Wildman–Crippen MR) is 74.3 cm³/mol. The number of hydrogen-bond donors (Lipinski definition) is 0. The van der Waals surface area contributed by atoms with Gasteiger partial charge in [-0.1, -0.05) is 0 Å². The van der Waals surface area contributed by atoms with Crippen LogP contribution in [0.4, 0.5) is 14.6 Å². The lowest BCUT2D eigenvalue weighted by Gasteiger charge is -2.03. The van der Waals surface area contributed by atoms with Crippen molar-refractivity contribution in [1.29, 1.82) is 0 Å². The van der Waals surface area contributed by atoms with Crippen LogP contribution in [0.2, 0.25) is 0 Å². The average molecular weight is 337 g/mol. The van der Waals surface area contributed by atoms with Gasteiger partial charge in [0.05, 0.1) is 17.4 Å². The molecule has 3 rings (SSSR count). The SMILES string of the molecule is O=[N+]([O-])c1ccn(Cc2nnc(-c3ccc(OC(F)F)cc3)o2)n1. The summed E-state index contributed by atoms with van der Waals surface area (Å²) >= 11 is 0. The van der Waals surface area contributed by atoms with E-state index in [1.807, 2.05) is 0 Å². The first-order chi connectivity index (χ1) is 11.5. The molecule has 0 fully saturated rings. The van der Waals surface area contributed by atoms with Gasteiger partial charge in [0.25, 0.3) is 0 Å². The Hall–Kier alpha value is -3.37. The highest BCUT2D eigenvalue weighted by Crippen LogP contribution is 2.22. The number of ether oxygens (including phenoxy) is 1. The minimum absolute atomic E-state index is 0.0114. The lowest BCUT2D eigenvalue weighted by Crippen LogP contribution is -2.01. The first-order valence-electron chi connectivity index (χ1n) is 6.57. The van der Waals surface area contributed by atoms with E-state index in [2.05, 4.69) is 20.0 Å². The molecule has 2 heterocycles. The fourth-order valence-electron chi connectivity index (χ4n) is 1.89. The Morgan fingerprint density at radius 1 is 1.25 bits per heavy atom. The van der Waals surface area contributed by atoms with Gasteiger partial charge in [-0.25, -0.2) is 0 Å². The van der Waals surface area contributed by atoms with Gasteiger partial charge in [-0.2, -0.15) is 13.5 Å². The van der Waals surface area contributed by atoms with Crippen LogP contribution in [-0.4, -0.2) is 31.5 Å². The second kappa shape index (κ2) is 6.40. The van der Waals surface area contributed by atoms with Crippen molar-refractivity contribution >= 4 is 5.82 Å². The monoisotopic (exact) mass is 337 g/mol. The summed E-state index contributed by atoms with van der Waals surface area (Å²) in [4.78, 5) is 9.96. The van der Waals surface area contributed by atoms with Crippen LogP contribution in [0.3, 0.4) is 0 Å². The summed E-state index contributed by atoms with van der Waals surface area (Å²) in [5.74, 6) is 0.0906. The number of nitrogens with zero attached hydrogens (tertiary/aromatic N) is 5. The lowest BCUT2D eigenvalue weighted by atomic mass is 10.2. The minimum Gasteiger partial charge on any atom is -0.435 e. The molecule has 0 radical (unpaired) electrons. The molecule has 0 bridgehead atoms. The zero-order valence-electron chi connectivity index (χ0n) is 11.9. The van der Waals surface area contributed by atoms with Crippen molar-refractivity contribution in [2.45, 2.75) is 13.2 Å². The fraction of sp³-hybridized carbons (Fsp3) is 0.154. The van der Waals surface area contributed by atoms with Gasteiger partial charge >= 0.3 is 12.4 Å². The minimum atomic E-state index is -2.90. The molecule has 0 aliphatic heterocycles. The van der Waals surface area contributed by atoms with Gasteiger partial charge < -0.3 is 19.3 Å². The molecule has 0 N–H and O–H groups in total. The molecule has 0 amide bonds. The van der Waals surface area contributed by atoms with Crippen molar-refractivity contribution in [3.63, 3.8) is 0 Å². The Kier molecular flexibility index (Phi) is 4.14. The maximum atomic E-state index is 12.1. The van der Waals surface area contributed by atoms with Crippen LogP contribution in [0, 0.1) is 10.1 Å². The molecule has 1 aromatic carbocycles. The van der Waals surface area contributed by atoms with Crippen molar-refractivity contribution in [2.75, 3.05) is 0 Å². The summed E-state index contributed by atoms with van der Waals surface area (Å²) in [6.07, 6.45) is 1.42. The van der Waals surface area contributed by atoms with Gasteiger partial charge in [0.1, 0.15) is 12.3 Å². The van der Waals surface area contributed by atoms with Crippen LogP contribution in [0.15, 0.2) is 40.9 Å². The van der Waals surface area contributed by atoms with E-state index in [1.165, 1.54) is 41.2 Å². The van der Waals surface area contributed by atoms with E-state index in [0.29, 0.717) is 5.56 Å². The maximum absolute atomic E-state index is 12.1. The van der Waals surface area contributed by atoms with Crippen LogP contribution >= 0.6 is 0 Å². The second-order valence-electron chi connectivity index (χ2n) is 4.53. The number of alkyl halides is 2. The molecule has 9 nitrogen and oxygen atoms in total. The molecular formula is C13H9F2N5O4. The summed E-state index contributed by atoms with van der Waals surface area (Å²) < 4.78 is 35.1. The average Bonchev–Trinajstić information content (AvgIpc) is 3.17. The predicted octanol–water partition coefficient (Wildman–Crippen LogP) is 2.49. The third kappa shape index (κ3) is 3.51. The third-order valence-electron chi connectivity index (χ3n) is 2.90. The van der Waals surface area contributed by atoms with Crippen molar-refractivity contribution in [1.82, 2.24) is 20.0 Å². The molecular weight excluding hydrogens is 328 g/mol. The standard InChI is InChI=1S/C13H9F2N5O4/c14-13(15)23-9-3-1-8(2-4-9)12-17-16-11(24-12)7-19-6-5-10(18-19)20(21)22/h1-6,13H,7H2. The zero-order valence-corrected chi connectivity index (χ0v) is 11.9. The summed E-state index contributed by atoms with van der Waals surface area (Å²) in [5.41, 5.74) is 0.516. The van der Waals surface area contributed by atoms with E-state index in [-0.39, 0.29) is 29.9 Å². The number of nitro groups is 1. The quantitative estimate of drug-likeness (QED) is 0.502. The van der Waals surface area contributed by atoms with Crippen LogP contribution in [-0.2, 0) is 6.54 Å². The molecule has 11 heteroatoms. The van der Waals surface area contributed by atoms with Crippen molar-refractivity contribution in [2.24, 2.45) is 0 Å². The van der Waals surface area contributed by atoms with Crippen LogP contribution in [0.1, 0.15) is 5.89 Å². The topological polar surface area (TPSA) is 109 Å². The fourth-order valence-corrected chi connectivity index (χ4v) is 1.89. The van der Waals surface area contributed by atoms with Gasteiger partial charge in [-0.05, 0) is 29.2 Å². The maximum Gasteiger partial charge on any atom is 0.389 e. The highest BCUT2D eigenvalue weighted by Gasteiger charge is 2.15. The van der Waals surface area contributed by atoms with Crippen molar-refractivity contribution in [3.8, 4) is 17.2 Å². The van der Waals surface area contributed by atoms with Crippen LogP contribution in [0.5, 0.6) is 5.75 Å². The number of halogens is 2. The number of hydrogen-bond acceptors (Lipinski definition) is 7. The van der Waals surface area contributed by atoms with Crippen molar-refractivity contribution in [3.05, 3.63) is 52.5 Å². The third-order valence-corrected chi connectivity index (χ3v) is 2.90. The van der Waals surface area contributed by atoms with Gasteiger partial charge in [0.2, 0.25) is 11.8 Å². The normalized spacial score (nSPS) is 11.0. The van der Waals surface area contributed by atoms with Crippen LogP contribution in [0.25, 0.3) is 11.5 Å². The van der Waals surface area contributed by atoms with E-state index >= 15 is 0 Å². The second-order valence-corrected chi connectivity index (χ2v) is 4.53. The Bertz CT molecular complexity index is 846. The summed E-state index contributed by atoms with van der Waals surface area (Å²) in [7, 11) is 0. The Morgan fingerprint density at radius 2 is 2.00 bits per heavy atom. The summed E-state index contributed by atoms with van der Waals surface area (Å²) in [6.45, 7) is -2.84. The van der Waals surface area contributed by atoms with E-state index in [1.54, 1.807) is 0 Å². The number of aromatic nitrogens is 4. The lowest BCUT2D eigenvalue weighted by molar-refractivity contribution is -0.389. The van der Waals surface area contributed by atoms with Crippen molar-refractivity contribution < 1.29 is 22.9 Å². The smallest absolute Gasteiger partial charge is 0.389 e. The largest absolute Gasteiger partial charge is 0.435 e. The first kappa shape index (κ1) is 15.5. The molecule has 24 heavy (non-hydrogen) atoms. The molecule has 0 aliphatic carbocycles. The molecule has 0 saturated carbocycles. The molecule has 2 aromatic heterocycles. The first-order valence-corrected chi connectivity index (χ1v) is 6.57.